The van der Waals surface area contributed by atoms with Crippen LogP contribution in [0, 0.1) is 3.57 Å². The molecule has 0 spiro atoms. The van der Waals surface area contributed by atoms with Crippen LogP contribution >= 0.6 is 34.4 Å². The van der Waals surface area contributed by atoms with Gasteiger partial charge in [0.2, 0.25) is 0 Å². The summed E-state index contributed by atoms with van der Waals surface area (Å²) >= 11 is 3.44. The number of phenols is 1. The Kier molecular flexibility index (Phi) is 6.83. The van der Waals surface area contributed by atoms with Crippen LogP contribution in [0.15, 0.2) is 82.8 Å². The number of phenolic OH excluding ortho intramolecular Hbond substituents is 1. The molecule has 0 radical (unpaired) electrons. The topological polar surface area (TPSA) is 77.9 Å². The van der Waals surface area contributed by atoms with Crippen LogP contribution in [0.2, 0.25) is 0 Å². The van der Waals surface area contributed by atoms with Gasteiger partial charge in [0.25, 0.3) is 5.91 Å². The van der Waals surface area contributed by atoms with Crippen molar-refractivity contribution in [3.63, 3.8) is 0 Å². The number of nitrogens with zero attached hydrogens (tertiary/aromatic N) is 2. The Labute approximate surface area is 220 Å². The molecule has 1 saturated heterocycles. The van der Waals surface area contributed by atoms with Crippen LogP contribution in [0.4, 0.5) is 5.69 Å². The summed E-state index contributed by atoms with van der Waals surface area (Å²) in [6, 6.07) is 20.9. The largest absolute Gasteiger partial charge is 0.507 e. The second kappa shape index (κ2) is 10.2. The van der Waals surface area contributed by atoms with Crippen molar-refractivity contribution < 1.29 is 14.6 Å². The van der Waals surface area contributed by atoms with Crippen LogP contribution in [-0.4, -0.2) is 39.7 Å². The molecule has 5 rings (SSSR count). The molecule has 176 valence electrons. The standard InChI is InChI=1S/C27H22IN3O3S/c1-34-20-9-7-19(8-10-20)30-27-31(13-12-18-16-29-23-5-3-2-4-21(18)23)26(33)25(35-27)15-17-6-11-24(32)22(28)14-17/h2-11,14-16,29,32H,12-13H2,1H3/b25-15-,30-27?. The monoisotopic (exact) mass is 595 g/mol. The normalized spacial score (nSPS) is 16.1. The van der Waals surface area contributed by atoms with Gasteiger partial charge < -0.3 is 14.8 Å². The van der Waals surface area contributed by atoms with E-state index in [0.29, 0.717) is 23.0 Å². The van der Waals surface area contributed by atoms with Crippen molar-refractivity contribution in [2.45, 2.75) is 6.42 Å². The summed E-state index contributed by atoms with van der Waals surface area (Å²) in [6.07, 6.45) is 4.56. The number of amides is 1. The number of aromatic amines is 1. The zero-order chi connectivity index (χ0) is 24.4. The van der Waals surface area contributed by atoms with Crippen LogP contribution in [0.1, 0.15) is 11.1 Å². The predicted molar refractivity (Wildman–Crippen MR) is 150 cm³/mol. The highest BCUT2D eigenvalue weighted by Gasteiger charge is 2.33. The molecule has 3 aromatic carbocycles. The van der Waals surface area contributed by atoms with Gasteiger partial charge in [-0.25, -0.2) is 4.99 Å². The third kappa shape index (κ3) is 5.08. The summed E-state index contributed by atoms with van der Waals surface area (Å²) in [6.45, 7) is 0.507. The Hall–Kier alpha value is -3.24. The minimum Gasteiger partial charge on any atom is -0.507 e. The molecule has 0 bridgehead atoms. The lowest BCUT2D eigenvalue weighted by atomic mass is 10.1. The molecule has 1 aliphatic rings. The number of amidine groups is 1. The van der Waals surface area contributed by atoms with Gasteiger partial charge in [-0.2, -0.15) is 0 Å². The molecule has 1 aromatic heterocycles. The molecule has 8 heteroatoms. The summed E-state index contributed by atoms with van der Waals surface area (Å²) < 4.78 is 5.98. The molecule has 1 aliphatic heterocycles. The number of carbonyl (C=O) groups excluding carboxylic acids is 1. The van der Waals surface area contributed by atoms with Gasteiger partial charge >= 0.3 is 0 Å². The number of H-pyrrole nitrogens is 1. The van der Waals surface area contributed by atoms with Gasteiger partial charge in [0.15, 0.2) is 5.17 Å². The van der Waals surface area contributed by atoms with E-state index < -0.39 is 0 Å². The lowest BCUT2D eigenvalue weighted by Gasteiger charge is -2.15. The maximum Gasteiger partial charge on any atom is 0.266 e. The van der Waals surface area contributed by atoms with Gasteiger partial charge in [-0.15, -0.1) is 0 Å². The fraction of sp³-hybridized carbons (Fsp3) is 0.111. The third-order valence-electron chi connectivity index (χ3n) is 5.73. The van der Waals surface area contributed by atoms with Crippen molar-refractivity contribution in [1.29, 1.82) is 0 Å². The van der Waals surface area contributed by atoms with Crippen molar-refractivity contribution >= 4 is 68.1 Å². The van der Waals surface area contributed by atoms with Crippen molar-refractivity contribution in [1.82, 2.24) is 9.88 Å². The molecule has 0 saturated carbocycles. The minimum atomic E-state index is -0.0785. The number of methoxy groups -OCH3 is 1. The molecule has 1 fully saturated rings. The number of aromatic hydroxyl groups is 1. The van der Waals surface area contributed by atoms with E-state index in [1.54, 1.807) is 24.1 Å². The number of benzene rings is 3. The number of ether oxygens (including phenoxy) is 1. The Morgan fingerprint density at radius 2 is 1.94 bits per heavy atom. The van der Waals surface area contributed by atoms with Crippen molar-refractivity contribution in [3.8, 4) is 11.5 Å². The molecular formula is C27H22IN3O3S. The molecule has 6 nitrogen and oxygen atoms in total. The molecule has 2 N–H and O–H groups in total. The highest BCUT2D eigenvalue weighted by atomic mass is 127. The van der Waals surface area contributed by atoms with Crippen molar-refractivity contribution in [3.05, 3.63) is 92.5 Å². The lowest BCUT2D eigenvalue weighted by molar-refractivity contribution is -0.122. The predicted octanol–water partition coefficient (Wildman–Crippen LogP) is 6.33. The number of para-hydroxylation sites is 1. The van der Waals surface area contributed by atoms with Crippen molar-refractivity contribution in [2.75, 3.05) is 13.7 Å². The summed E-state index contributed by atoms with van der Waals surface area (Å²) in [4.78, 5) is 23.9. The quantitative estimate of drug-likeness (QED) is 0.202. The summed E-state index contributed by atoms with van der Waals surface area (Å²) in [7, 11) is 1.63. The third-order valence-corrected chi connectivity index (χ3v) is 7.61. The molecule has 0 unspecified atom stereocenters. The number of carbonyl (C=O) groups is 1. The van der Waals surface area contributed by atoms with E-state index in [1.165, 1.54) is 11.8 Å². The van der Waals surface area contributed by atoms with E-state index in [9.17, 15) is 9.90 Å². The molecule has 4 aromatic rings. The molecule has 2 heterocycles. The average molecular weight is 595 g/mol. The summed E-state index contributed by atoms with van der Waals surface area (Å²) in [5.74, 6) is 0.897. The summed E-state index contributed by atoms with van der Waals surface area (Å²) in [5, 5.41) is 11.6. The molecule has 0 atom stereocenters. The fourth-order valence-electron chi connectivity index (χ4n) is 3.89. The zero-order valence-electron chi connectivity index (χ0n) is 18.9. The first-order chi connectivity index (χ1) is 17.0. The van der Waals surface area contributed by atoms with Crippen LogP contribution in [0.3, 0.4) is 0 Å². The van der Waals surface area contributed by atoms with Crippen LogP contribution in [-0.2, 0) is 11.2 Å². The molecule has 1 amide bonds. The van der Waals surface area contributed by atoms with E-state index >= 15 is 0 Å². The van der Waals surface area contributed by atoms with Crippen LogP contribution in [0.25, 0.3) is 17.0 Å². The number of thioether (sulfide) groups is 1. The van der Waals surface area contributed by atoms with Gasteiger partial charge in [-0.3, -0.25) is 9.69 Å². The number of aliphatic imine (C=N–C) groups is 1. The maximum atomic E-state index is 13.5. The molecular weight excluding hydrogens is 573 g/mol. The van der Waals surface area contributed by atoms with Crippen LogP contribution in [0.5, 0.6) is 11.5 Å². The number of halogens is 1. The van der Waals surface area contributed by atoms with Gasteiger partial charge in [0.05, 0.1) is 21.3 Å². The zero-order valence-corrected chi connectivity index (χ0v) is 21.8. The van der Waals surface area contributed by atoms with E-state index in [0.717, 1.165) is 37.0 Å². The number of hydrogen-bond donors (Lipinski definition) is 2. The van der Waals surface area contributed by atoms with Crippen LogP contribution < -0.4 is 4.74 Å². The number of aromatic nitrogens is 1. The van der Waals surface area contributed by atoms with Gasteiger partial charge in [-0.1, -0.05) is 24.3 Å². The first-order valence-corrected chi connectivity index (χ1v) is 12.9. The first-order valence-electron chi connectivity index (χ1n) is 11.0. The number of nitrogens with one attached hydrogen (secondary N) is 1. The Morgan fingerprint density at radius 1 is 1.14 bits per heavy atom. The fourth-order valence-corrected chi connectivity index (χ4v) is 5.45. The number of fused-ring (bicyclic) bond motifs is 1. The van der Waals surface area contributed by atoms with Gasteiger partial charge in [-0.05, 0) is 100 Å². The Morgan fingerprint density at radius 3 is 2.71 bits per heavy atom. The molecule has 35 heavy (non-hydrogen) atoms. The average Bonchev–Trinajstić information content (AvgIpc) is 3.41. The highest BCUT2D eigenvalue weighted by Crippen LogP contribution is 2.35. The highest BCUT2D eigenvalue weighted by molar-refractivity contribution is 14.1. The first kappa shape index (κ1) is 23.5. The van der Waals surface area contributed by atoms with E-state index in [2.05, 4.69) is 33.6 Å². The van der Waals surface area contributed by atoms with Gasteiger partial charge in [0, 0.05) is 23.6 Å². The maximum absolute atomic E-state index is 13.5. The SMILES string of the molecule is COc1ccc(N=C2S/C(=C\c3ccc(O)c(I)c3)C(=O)N2CCc2c[nH]c3ccccc23)cc1. The second-order valence-corrected chi connectivity index (χ2v) is 10.2. The Bertz CT molecular complexity index is 1460. The smallest absolute Gasteiger partial charge is 0.266 e. The number of hydrogen-bond acceptors (Lipinski definition) is 5. The lowest BCUT2D eigenvalue weighted by Crippen LogP contribution is -2.31. The second-order valence-electron chi connectivity index (χ2n) is 7.98. The minimum absolute atomic E-state index is 0.0785. The number of rotatable bonds is 6. The Balaban J connectivity index is 1.46. The van der Waals surface area contributed by atoms with Crippen molar-refractivity contribution in [2.24, 2.45) is 4.99 Å². The van der Waals surface area contributed by atoms with Gasteiger partial charge in [0.1, 0.15) is 11.5 Å². The molecule has 0 aliphatic carbocycles. The summed E-state index contributed by atoms with van der Waals surface area (Å²) in [5.41, 5.74) is 3.84. The van der Waals surface area contributed by atoms with E-state index in [-0.39, 0.29) is 11.7 Å². The van der Waals surface area contributed by atoms with E-state index in [4.69, 9.17) is 9.73 Å². The van der Waals surface area contributed by atoms with E-state index in [1.807, 2.05) is 60.8 Å².